The van der Waals surface area contributed by atoms with Gasteiger partial charge in [-0.25, -0.2) is 13.8 Å². The van der Waals surface area contributed by atoms with E-state index in [1.54, 1.807) is 0 Å². The van der Waals surface area contributed by atoms with Gasteiger partial charge in [0, 0.05) is 30.4 Å². The molecule has 0 saturated heterocycles. The van der Waals surface area contributed by atoms with Gasteiger partial charge in [0.25, 0.3) is 0 Å². The summed E-state index contributed by atoms with van der Waals surface area (Å²) in [6.45, 7) is 2.42. The fourth-order valence-electron chi connectivity index (χ4n) is 2.36. The van der Waals surface area contributed by atoms with Crippen LogP contribution in [0, 0.1) is 11.6 Å². The molecule has 1 saturated carbocycles. The van der Waals surface area contributed by atoms with Gasteiger partial charge in [-0.2, -0.15) is 0 Å². The Kier molecular flexibility index (Phi) is 3.53. The van der Waals surface area contributed by atoms with Crippen LogP contribution in [0.4, 0.5) is 8.78 Å². The topological polar surface area (TPSA) is 29.9 Å². The van der Waals surface area contributed by atoms with Crippen LogP contribution < -0.4 is 5.32 Å². The first-order valence-corrected chi connectivity index (χ1v) is 6.84. The summed E-state index contributed by atoms with van der Waals surface area (Å²) in [5.41, 5.74) is 1.43. The molecular weight excluding hydrogens is 260 g/mol. The Labute approximate surface area is 116 Å². The summed E-state index contributed by atoms with van der Waals surface area (Å²) in [6.07, 6.45) is 6.04. The second kappa shape index (κ2) is 5.32. The van der Waals surface area contributed by atoms with E-state index in [0.29, 0.717) is 18.2 Å². The third-order valence-corrected chi connectivity index (χ3v) is 3.70. The second-order valence-corrected chi connectivity index (χ2v) is 5.29. The summed E-state index contributed by atoms with van der Waals surface area (Å²) in [7, 11) is 0. The lowest BCUT2D eigenvalue weighted by molar-refractivity contribution is 0.507. The van der Waals surface area contributed by atoms with Crippen LogP contribution >= 0.6 is 0 Å². The second-order valence-electron chi connectivity index (χ2n) is 5.29. The van der Waals surface area contributed by atoms with Gasteiger partial charge < -0.3 is 9.88 Å². The molecule has 0 aliphatic heterocycles. The molecule has 0 spiro atoms. The summed E-state index contributed by atoms with van der Waals surface area (Å²) < 4.78 is 29.0. The van der Waals surface area contributed by atoms with Crippen molar-refractivity contribution in [3.63, 3.8) is 0 Å². The Morgan fingerprint density at radius 3 is 2.95 bits per heavy atom. The average molecular weight is 277 g/mol. The number of hydrogen-bond donors (Lipinski definition) is 1. The van der Waals surface area contributed by atoms with E-state index in [2.05, 4.69) is 14.9 Å². The molecule has 1 atom stereocenters. The predicted molar refractivity (Wildman–Crippen MR) is 72.1 cm³/mol. The largest absolute Gasteiger partial charge is 0.330 e. The summed E-state index contributed by atoms with van der Waals surface area (Å²) in [5, 5.41) is 3.22. The molecule has 1 aromatic heterocycles. The first-order chi connectivity index (χ1) is 9.65. The molecule has 1 aromatic carbocycles. The van der Waals surface area contributed by atoms with E-state index in [1.165, 1.54) is 18.9 Å². The minimum Gasteiger partial charge on any atom is -0.330 e. The van der Waals surface area contributed by atoms with E-state index in [-0.39, 0.29) is 11.9 Å². The third kappa shape index (κ3) is 2.72. The molecule has 1 unspecified atom stereocenters. The minimum atomic E-state index is -0.418. The number of imidazole rings is 1. The fourth-order valence-corrected chi connectivity index (χ4v) is 2.36. The Hall–Kier alpha value is -1.75. The summed E-state index contributed by atoms with van der Waals surface area (Å²) >= 11 is 0. The zero-order valence-corrected chi connectivity index (χ0v) is 11.3. The van der Waals surface area contributed by atoms with Crippen LogP contribution in [0.3, 0.4) is 0 Å². The van der Waals surface area contributed by atoms with Crippen LogP contribution in [0.15, 0.2) is 30.7 Å². The average Bonchev–Trinajstić information content (AvgIpc) is 3.18. The molecule has 0 amide bonds. The number of hydrogen-bond acceptors (Lipinski definition) is 2. The highest BCUT2D eigenvalue weighted by molar-refractivity contribution is 5.22. The van der Waals surface area contributed by atoms with Gasteiger partial charge in [-0.3, -0.25) is 0 Å². The molecule has 3 rings (SSSR count). The fraction of sp³-hybridized carbons (Fsp3) is 0.400. The van der Waals surface area contributed by atoms with Gasteiger partial charge >= 0.3 is 0 Å². The van der Waals surface area contributed by atoms with Gasteiger partial charge in [0.2, 0.25) is 0 Å². The number of nitrogens with one attached hydrogen (secondary N) is 1. The third-order valence-electron chi connectivity index (χ3n) is 3.70. The molecule has 20 heavy (non-hydrogen) atoms. The molecule has 1 aliphatic rings. The van der Waals surface area contributed by atoms with Gasteiger partial charge in [-0.05, 0) is 38.0 Å². The van der Waals surface area contributed by atoms with Crippen LogP contribution in [-0.2, 0) is 6.54 Å². The zero-order chi connectivity index (χ0) is 14.1. The van der Waals surface area contributed by atoms with Crippen molar-refractivity contribution in [1.82, 2.24) is 14.9 Å². The lowest BCUT2D eigenvalue weighted by Gasteiger charge is -2.16. The van der Waals surface area contributed by atoms with E-state index in [0.717, 1.165) is 17.8 Å². The summed E-state index contributed by atoms with van der Waals surface area (Å²) in [4.78, 5) is 4.15. The van der Waals surface area contributed by atoms with Crippen molar-refractivity contribution in [2.75, 3.05) is 0 Å². The van der Waals surface area contributed by atoms with Gasteiger partial charge in [0.1, 0.15) is 11.6 Å². The van der Waals surface area contributed by atoms with Crippen molar-refractivity contribution in [2.45, 2.75) is 38.4 Å². The SMILES string of the molecule is CC(NCc1cncn1C1CC1)c1cc(F)ccc1F. The molecule has 106 valence electrons. The van der Waals surface area contributed by atoms with Crippen molar-refractivity contribution in [3.05, 3.63) is 53.6 Å². The van der Waals surface area contributed by atoms with Crippen LogP contribution in [0.2, 0.25) is 0 Å². The maximum Gasteiger partial charge on any atom is 0.128 e. The molecule has 0 radical (unpaired) electrons. The molecule has 1 heterocycles. The molecule has 1 aliphatic carbocycles. The molecular formula is C15H17F2N3. The normalized spacial score (nSPS) is 16.4. The molecule has 3 nitrogen and oxygen atoms in total. The number of aromatic nitrogens is 2. The minimum absolute atomic E-state index is 0.256. The molecule has 5 heteroatoms. The van der Waals surface area contributed by atoms with Crippen molar-refractivity contribution in [3.8, 4) is 0 Å². The number of halogens is 2. The van der Waals surface area contributed by atoms with E-state index in [9.17, 15) is 8.78 Å². The van der Waals surface area contributed by atoms with E-state index in [4.69, 9.17) is 0 Å². The highest BCUT2D eigenvalue weighted by Gasteiger charge is 2.25. The van der Waals surface area contributed by atoms with Crippen LogP contribution in [0.5, 0.6) is 0 Å². The van der Waals surface area contributed by atoms with E-state index < -0.39 is 5.82 Å². The lowest BCUT2D eigenvalue weighted by Crippen LogP contribution is -2.21. The first-order valence-electron chi connectivity index (χ1n) is 6.84. The van der Waals surface area contributed by atoms with E-state index in [1.807, 2.05) is 19.4 Å². The molecule has 1 fully saturated rings. The highest BCUT2D eigenvalue weighted by atomic mass is 19.1. The van der Waals surface area contributed by atoms with Gasteiger partial charge in [-0.15, -0.1) is 0 Å². The summed E-state index contributed by atoms with van der Waals surface area (Å²) in [5.74, 6) is -0.805. The first kappa shape index (κ1) is 13.2. The van der Waals surface area contributed by atoms with Gasteiger partial charge in [0.05, 0.1) is 12.0 Å². The van der Waals surface area contributed by atoms with Crippen molar-refractivity contribution >= 4 is 0 Å². The van der Waals surface area contributed by atoms with Crippen LogP contribution in [0.1, 0.15) is 43.1 Å². The smallest absolute Gasteiger partial charge is 0.128 e. The Bertz CT molecular complexity index is 605. The quantitative estimate of drug-likeness (QED) is 0.908. The lowest BCUT2D eigenvalue weighted by atomic mass is 10.1. The number of benzene rings is 1. The maximum atomic E-state index is 13.7. The summed E-state index contributed by atoms with van der Waals surface area (Å²) in [6, 6.07) is 3.85. The molecule has 2 aromatic rings. The number of rotatable bonds is 5. The van der Waals surface area contributed by atoms with Crippen molar-refractivity contribution in [1.29, 1.82) is 0 Å². The number of nitrogens with zero attached hydrogens (tertiary/aromatic N) is 2. The molecule has 1 N–H and O–H groups in total. The maximum absolute atomic E-state index is 13.7. The zero-order valence-electron chi connectivity index (χ0n) is 11.3. The van der Waals surface area contributed by atoms with Crippen LogP contribution in [0.25, 0.3) is 0 Å². The Balaban J connectivity index is 1.68. The van der Waals surface area contributed by atoms with Crippen molar-refractivity contribution < 1.29 is 8.78 Å². The van der Waals surface area contributed by atoms with Crippen LogP contribution in [-0.4, -0.2) is 9.55 Å². The van der Waals surface area contributed by atoms with Crippen molar-refractivity contribution in [2.24, 2.45) is 0 Å². The predicted octanol–water partition coefficient (Wildman–Crippen LogP) is 3.35. The monoisotopic (exact) mass is 277 g/mol. The Morgan fingerprint density at radius 2 is 2.20 bits per heavy atom. The Morgan fingerprint density at radius 1 is 1.40 bits per heavy atom. The highest BCUT2D eigenvalue weighted by Crippen LogP contribution is 2.35. The van der Waals surface area contributed by atoms with Gasteiger partial charge in [0.15, 0.2) is 0 Å². The van der Waals surface area contributed by atoms with Gasteiger partial charge in [-0.1, -0.05) is 0 Å². The van der Waals surface area contributed by atoms with E-state index >= 15 is 0 Å². The molecule has 0 bridgehead atoms. The standard InChI is InChI=1S/C15H17F2N3/c1-10(14-6-11(16)2-5-15(14)17)19-8-13-7-18-9-20(13)12-3-4-12/h2,5-7,9-10,12,19H,3-4,8H2,1H3.